The van der Waals surface area contributed by atoms with Gasteiger partial charge in [-0.15, -0.1) is 11.3 Å². The minimum Gasteiger partial charge on any atom is -0.353 e. The molecule has 0 atom stereocenters. The van der Waals surface area contributed by atoms with E-state index >= 15 is 0 Å². The molecule has 2 aromatic carbocycles. The Labute approximate surface area is 143 Å². The lowest BCUT2D eigenvalue weighted by Crippen LogP contribution is -2.26. The van der Waals surface area contributed by atoms with Crippen molar-refractivity contribution >= 4 is 33.8 Å². The molecule has 1 amide bonds. The number of para-hydroxylation sites is 2. The molecular weight excluding hydrogens is 318 g/mol. The van der Waals surface area contributed by atoms with Crippen molar-refractivity contribution in [2.75, 3.05) is 11.9 Å². The van der Waals surface area contributed by atoms with Crippen LogP contribution in [0.5, 0.6) is 0 Å². The highest BCUT2D eigenvalue weighted by atomic mass is 32.1. The normalized spacial score (nSPS) is 10.9. The van der Waals surface area contributed by atoms with Crippen LogP contribution in [0.3, 0.4) is 0 Å². The van der Waals surface area contributed by atoms with Gasteiger partial charge in [-0.05, 0) is 24.3 Å². The fourth-order valence-electron chi connectivity index (χ4n) is 2.62. The lowest BCUT2D eigenvalue weighted by atomic mass is 10.2. The fraction of sp³-hybridized carbons (Fsp3) is 0.0526. The second-order valence-corrected chi connectivity index (χ2v) is 6.37. The van der Waals surface area contributed by atoms with Crippen LogP contribution in [-0.2, 0) is 0 Å². The molecule has 0 fully saturated rings. The van der Waals surface area contributed by atoms with E-state index in [1.54, 1.807) is 11.9 Å². The molecule has 0 aliphatic carbocycles. The highest BCUT2D eigenvalue weighted by molar-refractivity contribution is 7.13. The van der Waals surface area contributed by atoms with Gasteiger partial charge in [0.2, 0.25) is 0 Å². The topological polar surface area (TPSA) is 49.0 Å². The number of amides is 1. The van der Waals surface area contributed by atoms with Crippen molar-refractivity contribution in [3.8, 4) is 10.7 Å². The summed E-state index contributed by atoms with van der Waals surface area (Å²) in [5, 5.41) is 3.76. The molecule has 2 heterocycles. The predicted octanol–water partition coefficient (Wildman–Crippen LogP) is 4.57. The minimum absolute atomic E-state index is 0.111. The zero-order chi connectivity index (χ0) is 16.5. The Bertz CT molecular complexity index is 971. The number of anilines is 1. The number of hydrogen-bond acceptors (Lipinski definition) is 3. The second kappa shape index (κ2) is 5.94. The smallest absolute Gasteiger partial charge is 0.277 e. The standard InChI is InChI=1S/C19H15N3OS/c1-22(14-8-3-2-4-9-14)19(23)17-12-24-18(21-17)16-11-13-7-5-6-10-15(13)20-16/h2-12,20H,1H3. The number of hydrogen-bond donors (Lipinski definition) is 1. The van der Waals surface area contributed by atoms with E-state index in [2.05, 4.69) is 22.1 Å². The molecule has 0 spiro atoms. The maximum Gasteiger partial charge on any atom is 0.277 e. The predicted molar refractivity (Wildman–Crippen MR) is 98.6 cm³/mol. The number of fused-ring (bicyclic) bond motifs is 1. The van der Waals surface area contributed by atoms with Crippen molar-refractivity contribution in [3.05, 3.63) is 71.7 Å². The monoisotopic (exact) mass is 333 g/mol. The van der Waals surface area contributed by atoms with Crippen molar-refractivity contribution in [1.29, 1.82) is 0 Å². The quantitative estimate of drug-likeness (QED) is 0.597. The summed E-state index contributed by atoms with van der Waals surface area (Å²) in [7, 11) is 1.76. The molecule has 0 saturated carbocycles. The summed E-state index contributed by atoms with van der Waals surface area (Å²) in [5.74, 6) is -0.111. The first kappa shape index (κ1) is 14.7. The number of benzene rings is 2. The first-order valence-corrected chi connectivity index (χ1v) is 8.47. The summed E-state index contributed by atoms with van der Waals surface area (Å²) in [5.41, 5.74) is 3.31. The van der Waals surface area contributed by atoms with E-state index in [1.807, 2.05) is 53.9 Å². The Balaban J connectivity index is 1.63. The Morgan fingerprint density at radius 3 is 2.62 bits per heavy atom. The third kappa shape index (κ3) is 2.59. The fourth-order valence-corrected chi connectivity index (χ4v) is 3.39. The first-order valence-electron chi connectivity index (χ1n) is 7.59. The number of aromatic amines is 1. The molecule has 4 nitrogen and oxygen atoms in total. The van der Waals surface area contributed by atoms with Crippen LogP contribution in [0.4, 0.5) is 5.69 Å². The van der Waals surface area contributed by atoms with Gasteiger partial charge in [-0.2, -0.15) is 0 Å². The highest BCUT2D eigenvalue weighted by Crippen LogP contribution is 2.27. The minimum atomic E-state index is -0.111. The number of carbonyl (C=O) groups excluding carboxylic acids is 1. The molecule has 4 aromatic rings. The largest absolute Gasteiger partial charge is 0.353 e. The molecule has 0 bridgehead atoms. The average molecular weight is 333 g/mol. The number of H-pyrrole nitrogens is 1. The Kier molecular flexibility index (Phi) is 3.63. The number of carbonyl (C=O) groups is 1. The molecular formula is C19H15N3OS. The van der Waals surface area contributed by atoms with Gasteiger partial charge in [-0.25, -0.2) is 4.98 Å². The van der Waals surface area contributed by atoms with Gasteiger partial charge in [0.05, 0.1) is 5.69 Å². The Morgan fingerprint density at radius 1 is 1.08 bits per heavy atom. The lowest BCUT2D eigenvalue weighted by molar-refractivity contribution is 0.0989. The van der Waals surface area contributed by atoms with Crippen LogP contribution in [0.1, 0.15) is 10.5 Å². The van der Waals surface area contributed by atoms with Crippen LogP contribution < -0.4 is 4.90 Å². The van der Waals surface area contributed by atoms with E-state index in [4.69, 9.17) is 0 Å². The van der Waals surface area contributed by atoms with Gasteiger partial charge in [-0.3, -0.25) is 4.79 Å². The second-order valence-electron chi connectivity index (χ2n) is 5.51. The van der Waals surface area contributed by atoms with Crippen molar-refractivity contribution < 1.29 is 4.79 Å². The third-order valence-electron chi connectivity index (χ3n) is 3.93. The molecule has 1 N–H and O–H groups in total. The summed E-state index contributed by atoms with van der Waals surface area (Å²) in [4.78, 5) is 22.1. The van der Waals surface area contributed by atoms with Crippen LogP contribution >= 0.6 is 11.3 Å². The zero-order valence-electron chi connectivity index (χ0n) is 13.1. The molecule has 0 aliphatic rings. The SMILES string of the molecule is CN(C(=O)c1csc(-c2cc3ccccc3[nH]2)n1)c1ccccc1. The molecule has 5 heteroatoms. The van der Waals surface area contributed by atoms with Gasteiger partial charge in [0, 0.05) is 29.0 Å². The maximum absolute atomic E-state index is 12.6. The molecule has 0 unspecified atom stereocenters. The molecule has 118 valence electrons. The van der Waals surface area contributed by atoms with Crippen LogP contribution in [0.25, 0.3) is 21.6 Å². The van der Waals surface area contributed by atoms with E-state index in [0.717, 1.165) is 27.3 Å². The number of thiazole rings is 1. The van der Waals surface area contributed by atoms with Crippen molar-refractivity contribution in [2.45, 2.75) is 0 Å². The summed E-state index contributed by atoms with van der Waals surface area (Å²) in [6.07, 6.45) is 0. The van der Waals surface area contributed by atoms with E-state index in [-0.39, 0.29) is 5.91 Å². The van der Waals surface area contributed by atoms with Crippen molar-refractivity contribution in [3.63, 3.8) is 0 Å². The van der Waals surface area contributed by atoms with Gasteiger partial charge in [0.25, 0.3) is 5.91 Å². The average Bonchev–Trinajstić information content (AvgIpc) is 3.27. The van der Waals surface area contributed by atoms with Gasteiger partial charge < -0.3 is 9.88 Å². The summed E-state index contributed by atoms with van der Waals surface area (Å²) >= 11 is 1.47. The molecule has 24 heavy (non-hydrogen) atoms. The van der Waals surface area contributed by atoms with E-state index < -0.39 is 0 Å². The molecule has 4 rings (SSSR count). The van der Waals surface area contributed by atoms with Gasteiger partial charge in [-0.1, -0.05) is 36.4 Å². The van der Waals surface area contributed by atoms with E-state index in [0.29, 0.717) is 5.69 Å². The lowest BCUT2D eigenvalue weighted by Gasteiger charge is -2.15. The van der Waals surface area contributed by atoms with Crippen LogP contribution in [0, 0.1) is 0 Å². The summed E-state index contributed by atoms with van der Waals surface area (Å²) < 4.78 is 0. The van der Waals surface area contributed by atoms with Gasteiger partial charge >= 0.3 is 0 Å². The van der Waals surface area contributed by atoms with E-state index in [1.165, 1.54) is 11.3 Å². The molecule has 0 aliphatic heterocycles. The highest BCUT2D eigenvalue weighted by Gasteiger charge is 2.17. The van der Waals surface area contributed by atoms with Gasteiger partial charge in [0.1, 0.15) is 10.7 Å². The van der Waals surface area contributed by atoms with Crippen LogP contribution in [-0.4, -0.2) is 22.9 Å². The van der Waals surface area contributed by atoms with Crippen molar-refractivity contribution in [2.24, 2.45) is 0 Å². The van der Waals surface area contributed by atoms with Gasteiger partial charge in [0.15, 0.2) is 0 Å². The number of nitrogens with one attached hydrogen (secondary N) is 1. The summed E-state index contributed by atoms with van der Waals surface area (Å²) in [6.45, 7) is 0. The summed E-state index contributed by atoms with van der Waals surface area (Å²) in [6, 6.07) is 19.7. The molecule has 0 saturated heterocycles. The van der Waals surface area contributed by atoms with Crippen LogP contribution in [0.15, 0.2) is 66.0 Å². The van der Waals surface area contributed by atoms with Crippen LogP contribution in [0.2, 0.25) is 0 Å². The zero-order valence-corrected chi connectivity index (χ0v) is 13.9. The third-order valence-corrected chi connectivity index (χ3v) is 4.81. The molecule has 0 radical (unpaired) electrons. The Morgan fingerprint density at radius 2 is 1.83 bits per heavy atom. The maximum atomic E-state index is 12.6. The van der Waals surface area contributed by atoms with E-state index in [9.17, 15) is 4.79 Å². The molecule has 2 aromatic heterocycles. The Hall–Kier alpha value is -2.92. The number of aromatic nitrogens is 2. The van der Waals surface area contributed by atoms with Crippen molar-refractivity contribution in [1.82, 2.24) is 9.97 Å². The first-order chi connectivity index (χ1) is 11.7. The number of nitrogens with zero attached hydrogens (tertiary/aromatic N) is 2. The number of rotatable bonds is 3.